The second-order valence-electron chi connectivity index (χ2n) is 4.01. The highest BCUT2D eigenvalue weighted by molar-refractivity contribution is 5.23. The summed E-state index contributed by atoms with van der Waals surface area (Å²) >= 11 is 0. The summed E-state index contributed by atoms with van der Waals surface area (Å²) in [7, 11) is 0. The molecule has 1 aromatic rings. The summed E-state index contributed by atoms with van der Waals surface area (Å²) in [5.41, 5.74) is 0. The molecular formula is C11H20N4O. The maximum atomic E-state index is 9.74. The van der Waals surface area contributed by atoms with Crippen molar-refractivity contribution in [3.05, 3.63) is 12.7 Å². The summed E-state index contributed by atoms with van der Waals surface area (Å²) in [5, 5.41) is 13.0. The molecule has 0 spiro atoms. The fourth-order valence-electron chi connectivity index (χ4n) is 2.16. The smallest absolute Gasteiger partial charge is 0.225 e. The molecule has 0 bridgehead atoms. The van der Waals surface area contributed by atoms with E-state index in [0.717, 1.165) is 19.3 Å². The summed E-state index contributed by atoms with van der Waals surface area (Å²) < 4.78 is 0. The van der Waals surface area contributed by atoms with Gasteiger partial charge in [0.25, 0.3) is 0 Å². The summed E-state index contributed by atoms with van der Waals surface area (Å²) in [6.45, 7) is 2.11. The van der Waals surface area contributed by atoms with Gasteiger partial charge < -0.3 is 10.4 Å². The molecule has 1 aliphatic rings. The Labute approximate surface area is 96.4 Å². The number of aliphatic hydroxyl groups is 1. The lowest BCUT2D eigenvalue weighted by atomic mass is 10.0. The van der Waals surface area contributed by atoms with Crippen LogP contribution in [0.2, 0.25) is 0 Å². The van der Waals surface area contributed by atoms with Crippen LogP contribution in [0, 0.1) is 5.92 Å². The summed E-state index contributed by atoms with van der Waals surface area (Å²) in [6, 6.07) is 0.285. The van der Waals surface area contributed by atoms with Crippen molar-refractivity contribution < 1.29 is 5.11 Å². The van der Waals surface area contributed by atoms with E-state index in [2.05, 4.69) is 27.2 Å². The molecule has 1 aliphatic carbocycles. The molecule has 0 aromatic carbocycles. The van der Waals surface area contributed by atoms with Gasteiger partial charge in [-0.15, -0.1) is 0 Å². The van der Waals surface area contributed by atoms with Gasteiger partial charge in [0.05, 0.1) is 6.10 Å². The third-order valence-corrected chi connectivity index (χ3v) is 3.01. The Morgan fingerprint density at radius 1 is 1.38 bits per heavy atom. The highest BCUT2D eigenvalue weighted by Crippen LogP contribution is 2.29. The summed E-state index contributed by atoms with van der Waals surface area (Å²) in [6.07, 6.45) is 5.55. The van der Waals surface area contributed by atoms with E-state index in [-0.39, 0.29) is 19.6 Å². The van der Waals surface area contributed by atoms with Gasteiger partial charge in [-0.05, 0) is 18.8 Å². The lowest BCUT2D eigenvalue weighted by Gasteiger charge is -2.11. The summed E-state index contributed by atoms with van der Waals surface area (Å²) in [4.78, 5) is 11.8. The number of anilines is 1. The van der Waals surface area contributed by atoms with Gasteiger partial charge in [-0.3, -0.25) is 0 Å². The van der Waals surface area contributed by atoms with Crippen LogP contribution in [0.4, 0.5) is 5.95 Å². The van der Waals surface area contributed by atoms with E-state index >= 15 is 0 Å². The van der Waals surface area contributed by atoms with E-state index in [1.165, 1.54) is 12.7 Å². The van der Waals surface area contributed by atoms with Gasteiger partial charge in [-0.25, -0.2) is 15.0 Å². The molecule has 0 unspecified atom stereocenters. The SMILES string of the molecule is C.CC[C@H]1C[C@@H](Nc2ncncn2)C[C@@H]1O. The van der Waals surface area contributed by atoms with Crippen LogP contribution in [0.15, 0.2) is 12.7 Å². The first kappa shape index (κ1) is 12.8. The Hall–Kier alpha value is -1.23. The van der Waals surface area contributed by atoms with Crippen molar-refractivity contribution in [2.24, 2.45) is 5.92 Å². The van der Waals surface area contributed by atoms with Crippen molar-refractivity contribution >= 4 is 5.95 Å². The first-order valence-electron chi connectivity index (χ1n) is 5.36. The van der Waals surface area contributed by atoms with Gasteiger partial charge in [0.2, 0.25) is 5.95 Å². The molecule has 90 valence electrons. The summed E-state index contributed by atoms with van der Waals surface area (Å²) in [5.74, 6) is 1.00. The maximum absolute atomic E-state index is 9.74. The van der Waals surface area contributed by atoms with Gasteiger partial charge in [0, 0.05) is 6.04 Å². The quantitative estimate of drug-likeness (QED) is 0.813. The molecule has 1 aromatic heterocycles. The Bertz CT molecular complexity index is 306. The molecule has 2 rings (SSSR count). The third kappa shape index (κ3) is 2.88. The molecule has 1 fully saturated rings. The van der Waals surface area contributed by atoms with E-state index in [1.54, 1.807) is 0 Å². The molecule has 0 radical (unpaired) electrons. The van der Waals surface area contributed by atoms with Crippen LogP contribution in [0.25, 0.3) is 0 Å². The van der Waals surface area contributed by atoms with Crippen molar-refractivity contribution in [2.75, 3.05) is 5.32 Å². The number of nitrogens with one attached hydrogen (secondary N) is 1. The first-order valence-corrected chi connectivity index (χ1v) is 5.36. The Morgan fingerprint density at radius 3 is 2.62 bits per heavy atom. The van der Waals surface area contributed by atoms with Crippen molar-refractivity contribution in [1.82, 2.24) is 15.0 Å². The normalized spacial score (nSPS) is 28.5. The van der Waals surface area contributed by atoms with Crippen LogP contribution >= 0.6 is 0 Å². The molecule has 0 aliphatic heterocycles. The van der Waals surface area contributed by atoms with Gasteiger partial charge in [-0.1, -0.05) is 20.8 Å². The zero-order chi connectivity index (χ0) is 10.7. The topological polar surface area (TPSA) is 70.9 Å². The second-order valence-corrected chi connectivity index (χ2v) is 4.01. The molecule has 2 N–H and O–H groups in total. The molecule has 16 heavy (non-hydrogen) atoms. The molecule has 0 saturated heterocycles. The molecule has 1 heterocycles. The minimum absolute atomic E-state index is 0. The first-order chi connectivity index (χ1) is 7.29. The molecule has 3 atom stereocenters. The number of hydrogen-bond acceptors (Lipinski definition) is 5. The van der Waals surface area contributed by atoms with E-state index in [1.807, 2.05) is 0 Å². The van der Waals surface area contributed by atoms with Crippen molar-refractivity contribution in [3.8, 4) is 0 Å². The van der Waals surface area contributed by atoms with Crippen LogP contribution in [-0.2, 0) is 0 Å². The number of hydrogen-bond donors (Lipinski definition) is 2. The van der Waals surface area contributed by atoms with Gasteiger partial charge in [0.1, 0.15) is 12.7 Å². The Kier molecular flexibility index (Phi) is 4.61. The third-order valence-electron chi connectivity index (χ3n) is 3.01. The Balaban J connectivity index is 0.00000128. The minimum Gasteiger partial charge on any atom is -0.393 e. The molecule has 5 nitrogen and oxygen atoms in total. The van der Waals surface area contributed by atoms with E-state index < -0.39 is 0 Å². The van der Waals surface area contributed by atoms with E-state index in [0.29, 0.717) is 11.9 Å². The van der Waals surface area contributed by atoms with Crippen LogP contribution < -0.4 is 5.32 Å². The molecular weight excluding hydrogens is 204 g/mol. The van der Waals surface area contributed by atoms with E-state index in [9.17, 15) is 5.11 Å². The van der Waals surface area contributed by atoms with Gasteiger partial charge in [0.15, 0.2) is 0 Å². The zero-order valence-corrected chi connectivity index (χ0v) is 8.80. The van der Waals surface area contributed by atoms with Crippen LogP contribution in [0.1, 0.15) is 33.6 Å². The Morgan fingerprint density at radius 2 is 2.06 bits per heavy atom. The standard InChI is InChI=1S/C10H16N4O.CH4/c1-2-7-3-8(4-9(7)15)14-10-12-5-11-6-13-10;/h5-9,15H,2-4H2,1H3,(H,11,12,13,14);1H4/t7-,8+,9-;/m0./s1. The van der Waals surface area contributed by atoms with Crippen LogP contribution in [0.5, 0.6) is 0 Å². The average molecular weight is 224 g/mol. The monoisotopic (exact) mass is 224 g/mol. The number of rotatable bonds is 3. The highest BCUT2D eigenvalue weighted by Gasteiger charge is 2.31. The number of aliphatic hydroxyl groups excluding tert-OH is 1. The van der Waals surface area contributed by atoms with Crippen molar-refractivity contribution in [2.45, 2.75) is 45.8 Å². The van der Waals surface area contributed by atoms with Crippen LogP contribution in [0.3, 0.4) is 0 Å². The highest BCUT2D eigenvalue weighted by atomic mass is 16.3. The van der Waals surface area contributed by atoms with Crippen molar-refractivity contribution in [3.63, 3.8) is 0 Å². The van der Waals surface area contributed by atoms with E-state index in [4.69, 9.17) is 0 Å². The predicted octanol–water partition coefficient (Wildman–Crippen LogP) is 1.47. The molecule has 5 heteroatoms. The maximum Gasteiger partial charge on any atom is 0.225 e. The lowest BCUT2D eigenvalue weighted by molar-refractivity contribution is 0.130. The zero-order valence-electron chi connectivity index (χ0n) is 8.80. The fraction of sp³-hybridized carbons (Fsp3) is 0.727. The number of nitrogens with zero attached hydrogens (tertiary/aromatic N) is 3. The predicted molar refractivity (Wildman–Crippen MR) is 63.0 cm³/mol. The minimum atomic E-state index is -0.186. The average Bonchev–Trinajstić information content (AvgIpc) is 2.60. The second kappa shape index (κ2) is 5.75. The molecule has 0 amide bonds. The largest absolute Gasteiger partial charge is 0.393 e. The van der Waals surface area contributed by atoms with Crippen molar-refractivity contribution in [1.29, 1.82) is 0 Å². The van der Waals surface area contributed by atoms with Gasteiger partial charge >= 0.3 is 0 Å². The van der Waals surface area contributed by atoms with Gasteiger partial charge in [-0.2, -0.15) is 0 Å². The molecule has 1 saturated carbocycles. The van der Waals surface area contributed by atoms with Crippen LogP contribution in [-0.4, -0.2) is 32.2 Å². The fourth-order valence-corrected chi connectivity index (χ4v) is 2.16. The number of aromatic nitrogens is 3. The lowest BCUT2D eigenvalue weighted by Crippen LogP contribution is -2.18.